The van der Waals surface area contributed by atoms with Crippen LogP contribution in [0.5, 0.6) is 0 Å². The largest absolute Gasteiger partial charge is 0.354 e. The number of fused-ring (bicyclic) bond motifs is 1. The van der Waals surface area contributed by atoms with Crippen molar-refractivity contribution in [2.75, 3.05) is 6.54 Å². The second-order valence-electron chi connectivity index (χ2n) is 7.47. The molecule has 1 saturated carbocycles. The van der Waals surface area contributed by atoms with E-state index in [0.29, 0.717) is 18.2 Å². The molecule has 0 atom stereocenters. The Morgan fingerprint density at radius 3 is 2.62 bits per heavy atom. The van der Waals surface area contributed by atoms with Crippen LogP contribution in [-0.2, 0) is 9.59 Å². The van der Waals surface area contributed by atoms with Gasteiger partial charge in [-0.1, -0.05) is 48.5 Å². The van der Waals surface area contributed by atoms with Crippen molar-refractivity contribution < 1.29 is 9.59 Å². The van der Waals surface area contributed by atoms with Gasteiger partial charge in [-0.2, -0.15) is 0 Å². The van der Waals surface area contributed by atoms with Crippen molar-refractivity contribution in [2.24, 2.45) is 0 Å². The lowest BCUT2D eigenvalue weighted by Gasteiger charge is -2.02. The Kier molecular flexibility index (Phi) is 4.28. The van der Waals surface area contributed by atoms with Crippen LogP contribution in [0, 0.1) is 0 Å². The van der Waals surface area contributed by atoms with Crippen molar-refractivity contribution in [1.29, 1.82) is 0 Å². The molecular formula is C24H21N3O2. The molecule has 0 saturated heterocycles. The number of rotatable bonds is 5. The molecule has 3 aromatic rings. The average molecular weight is 383 g/mol. The summed E-state index contributed by atoms with van der Waals surface area (Å²) in [6.45, 7) is 0.447. The average Bonchev–Trinajstić information content (AvgIpc) is 3.41. The normalized spacial score (nSPS) is 16.3. The number of H-pyrrole nitrogens is 1. The predicted molar refractivity (Wildman–Crippen MR) is 114 cm³/mol. The first-order chi connectivity index (χ1) is 14.2. The highest BCUT2D eigenvalue weighted by Crippen LogP contribution is 2.44. The van der Waals surface area contributed by atoms with Crippen LogP contribution in [0.1, 0.15) is 29.9 Å². The number of carbonyl (C=O) groups is 2. The Labute approximate surface area is 168 Å². The molecule has 2 aromatic carbocycles. The molecule has 2 heterocycles. The number of carbonyl (C=O) groups excluding carboxylic acids is 2. The molecule has 29 heavy (non-hydrogen) atoms. The minimum Gasteiger partial charge on any atom is -0.354 e. The molecule has 3 N–H and O–H groups in total. The molecule has 1 aliphatic heterocycles. The fourth-order valence-corrected chi connectivity index (χ4v) is 3.88. The predicted octanol–water partition coefficient (Wildman–Crippen LogP) is 3.86. The Morgan fingerprint density at radius 1 is 1.07 bits per heavy atom. The third-order valence-electron chi connectivity index (χ3n) is 5.46. The van der Waals surface area contributed by atoms with Gasteiger partial charge in [-0.15, -0.1) is 0 Å². The summed E-state index contributed by atoms with van der Waals surface area (Å²) in [6, 6.07) is 16.5. The second-order valence-corrected chi connectivity index (χ2v) is 7.47. The van der Waals surface area contributed by atoms with Gasteiger partial charge in [-0.05, 0) is 42.0 Å². The number of aromatic nitrogens is 1. The number of hydrogen-bond acceptors (Lipinski definition) is 2. The molecule has 0 spiro atoms. The van der Waals surface area contributed by atoms with Gasteiger partial charge in [-0.25, -0.2) is 0 Å². The van der Waals surface area contributed by atoms with E-state index in [1.54, 1.807) is 6.08 Å². The van der Waals surface area contributed by atoms with Crippen molar-refractivity contribution in [1.82, 2.24) is 15.6 Å². The summed E-state index contributed by atoms with van der Waals surface area (Å²) in [7, 11) is 0. The molecule has 5 rings (SSSR count). The van der Waals surface area contributed by atoms with Gasteiger partial charge >= 0.3 is 0 Å². The quantitative estimate of drug-likeness (QED) is 0.586. The molecule has 5 heteroatoms. The topological polar surface area (TPSA) is 74.0 Å². The minimum absolute atomic E-state index is 0.252. The standard InChI is InChI=1S/C24H21N3O2/c28-21(26-20-13-14-25-24(20)29)12-11-19-18-8-4-7-17(15-9-10-15)23(18)27-22(19)16-5-2-1-3-6-16/h1-8,11-13,15,27H,9-10,14H2,(H,25,29)(H,26,28). The summed E-state index contributed by atoms with van der Waals surface area (Å²) in [4.78, 5) is 27.6. The zero-order valence-electron chi connectivity index (χ0n) is 15.9. The molecular weight excluding hydrogens is 362 g/mol. The maximum atomic E-state index is 12.4. The van der Waals surface area contributed by atoms with Gasteiger partial charge in [0.1, 0.15) is 5.70 Å². The van der Waals surface area contributed by atoms with Gasteiger partial charge < -0.3 is 15.6 Å². The number of hydrogen-bond donors (Lipinski definition) is 3. The van der Waals surface area contributed by atoms with E-state index in [1.807, 2.05) is 24.3 Å². The summed E-state index contributed by atoms with van der Waals surface area (Å²) in [5.41, 5.74) is 5.84. The summed E-state index contributed by atoms with van der Waals surface area (Å²) in [6.07, 6.45) is 7.45. The SMILES string of the molecule is O=C(C=Cc1c(-c2ccccc2)[nH]c2c(C3CC3)cccc12)NC1=CCNC1=O. The third kappa shape index (κ3) is 3.36. The Balaban J connectivity index is 1.55. The third-order valence-corrected chi connectivity index (χ3v) is 5.46. The molecule has 0 bridgehead atoms. The van der Waals surface area contributed by atoms with E-state index in [-0.39, 0.29) is 11.8 Å². The second kappa shape index (κ2) is 7.09. The van der Waals surface area contributed by atoms with Crippen LogP contribution >= 0.6 is 0 Å². The van der Waals surface area contributed by atoms with Crippen LogP contribution in [0.3, 0.4) is 0 Å². The number of amides is 2. The van der Waals surface area contributed by atoms with Crippen molar-refractivity contribution in [3.63, 3.8) is 0 Å². The summed E-state index contributed by atoms with van der Waals surface area (Å²) >= 11 is 0. The van der Waals surface area contributed by atoms with Crippen molar-refractivity contribution in [3.8, 4) is 11.3 Å². The monoisotopic (exact) mass is 383 g/mol. The van der Waals surface area contributed by atoms with Crippen molar-refractivity contribution in [2.45, 2.75) is 18.8 Å². The fraction of sp³-hybridized carbons (Fsp3) is 0.167. The molecule has 2 aliphatic rings. The van der Waals surface area contributed by atoms with Crippen LogP contribution in [0.25, 0.3) is 28.2 Å². The minimum atomic E-state index is -0.319. The Morgan fingerprint density at radius 2 is 1.90 bits per heavy atom. The highest BCUT2D eigenvalue weighted by atomic mass is 16.2. The van der Waals surface area contributed by atoms with Gasteiger partial charge in [-0.3, -0.25) is 9.59 Å². The van der Waals surface area contributed by atoms with Crippen LogP contribution in [-0.4, -0.2) is 23.3 Å². The Bertz CT molecular complexity index is 1170. The van der Waals surface area contributed by atoms with E-state index in [0.717, 1.165) is 27.7 Å². The first kappa shape index (κ1) is 17.5. The molecule has 0 unspecified atom stereocenters. The number of para-hydroxylation sites is 1. The summed E-state index contributed by atoms with van der Waals surface area (Å²) in [5.74, 6) is 0.0480. The van der Waals surface area contributed by atoms with E-state index in [9.17, 15) is 9.59 Å². The number of nitrogens with one attached hydrogen (secondary N) is 3. The van der Waals surface area contributed by atoms with Gasteiger partial charge in [0.2, 0.25) is 5.91 Å². The zero-order valence-corrected chi connectivity index (χ0v) is 15.9. The van der Waals surface area contributed by atoms with Gasteiger partial charge in [0.05, 0.1) is 5.69 Å². The van der Waals surface area contributed by atoms with Crippen molar-refractivity contribution in [3.05, 3.63) is 77.5 Å². The van der Waals surface area contributed by atoms with E-state index >= 15 is 0 Å². The highest BCUT2D eigenvalue weighted by Gasteiger charge is 2.27. The molecule has 1 aromatic heterocycles. The molecule has 1 aliphatic carbocycles. The summed E-state index contributed by atoms with van der Waals surface area (Å²) in [5, 5.41) is 6.40. The number of benzene rings is 2. The summed E-state index contributed by atoms with van der Waals surface area (Å²) < 4.78 is 0. The smallest absolute Gasteiger partial charge is 0.267 e. The fourth-order valence-electron chi connectivity index (χ4n) is 3.88. The first-order valence-corrected chi connectivity index (χ1v) is 9.88. The van der Waals surface area contributed by atoms with E-state index in [4.69, 9.17) is 0 Å². The zero-order chi connectivity index (χ0) is 19.8. The molecule has 5 nitrogen and oxygen atoms in total. The van der Waals surface area contributed by atoms with E-state index < -0.39 is 0 Å². The van der Waals surface area contributed by atoms with Crippen LogP contribution < -0.4 is 10.6 Å². The first-order valence-electron chi connectivity index (χ1n) is 9.88. The maximum absolute atomic E-state index is 12.4. The molecule has 2 amide bonds. The number of aromatic amines is 1. The van der Waals surface area contributed by atoms with Crippen molar-refractivity contribution >= 4 is 28.8 Å². The van der Waals surface area contributed by atoms with Crippen LogP contribution in [0.4, 0.5) is 0 Å². The lowest BCUT2D eigenvalue weighted by atomic mass is 10.0. The van der Waals surface area contributed by atoms with Crippen LogP contribution in [0.2, 0.25) is 0 Å². The highest BCUT2D eigenvalue weighted by molar-refractivity contribution is 6.05. The molecule has 144 valence electrons. The van der Waals surface area contributed by atoms with Crippen LogP contribution in [0.15, 0.2) is 66.4 Å². The van der Waals surface area contributed by atoms with E-state index in [2.05, 4.69) is 45.9 Å². The lowest BCUT2D eigenvalue weighted by molar-refractivity contribution is -0.120. The lowest BCUT2D eigenvalue weighted by Crippen LogP contribution is -2.28. The van der Waals surface area contributed by atoms with Gasteiger partial charge in [0.25, 0.3) is 5.91 Å². The Hall–Kier alpha value is -3.60. The van der Waals surface area contributed by atoms with Gasteiger partial charge in [0.15, 0.2) is 0 Å². The molecule has 0 radical (unpaired) electrons. The maximum Gasteiger partial charge on any atom is 0.267 e. The van der Waals surface area contributed by atoms with Gasteiger partial charge in [0, 0.05) is 29.1 Å². The molecule has 1 fully saturated rings. The van der Waals surface area contributed by atoms with E-state index in [1.165, 1.54) is 24.5 Å².